The molecule has 0 aromatic carbocycles. The molecule has 0 unspecified atom stereocenters. The number of nitrogens with two attached hydrogens (primary N) is 1. The smallest absolute Gasteiger partial charge is 0.274 e. The number of amides is 1. The lowest BCUT2D eigenvalue weighted by molar-refractivity contribution is 0.0687. The van der Waals surface area contributed by atoms with E-state index in [9.17, 15) is 4.79 Å². The SMILES string of the molecule is CC(C)N(Cc1cccs1)C(=O)c1[nH]ncc1N. The Morgan fingerprint density at radius 2 is 2.39 bits per heavy atom. The summed E-state index contributed by atoms with van der Waals surface area (Å²) in [6, 6.07) is 4.10. The van der Waals surface area contributed by atoms with Crippen LogP contribution in [0.25, 0.3) is 0 Å². The second-order valence-corrected chi connectivity index (χ2v) is 5.34. The van der Waals surface area contributed by atoms with Crippen molar-refractivity contribution in [1.82, 2.24) is 15.1 Å². The number of hydrogen-bond donors (Lipinski definition) is 2. The van der Waals surface area contributed by atoms with Crippen LogP contribution < -0.4 is 5.73 Å². The van der Waals surface area contributed by atoms with Gasteiger partial charge in [0.05, 0.1) is 18.4 Å². The van der Waals surface area contributed by atoms with Crippen molar-refractivity contribution in [2.45, 2.75) is 26.4 Å². The highest BCUT2D eigenvalue weighted by Gasteiger charge is 2.22. The summed E-state index contributed by atoms with van der Waals surface area (Å²) in [4.78, 5) is 15.3. The lowest BCUT2D eigenvalue weighted by Crippen LogP contribution is -2.36. The molecule has 96 valence electrons. The number of anilines is 1. The Balaban J connectivity index is 2.20. The second-order valence-electron chi connectivity index (χ2n) is 4.31. The maximum Gasteiger partial charge on any atom is 0.274 e. The van der Waals surface area contributed by atoms with Crippen LogP contribution in [0.1, 0.15) is 29.2 Å². The lowest BCUT2D eigenvalue weighted by Gasteiger charge is -2.25. The van der Waals surface area contributed by atoms with Crippen molar-refractivity contribution >= 4 is 22.9 Å². The molecular weight excluding hydrogens is 248 g/mol. The summed E-state index contributed by atoms with van der Waals surface area (Å²) < 4.78 is 0. The van der Waals surface area contributed by atoms with E-state index in [1.807, 2.05) is 31.4 Å². The fraction of sp³-hybridized carbons (Fsp3) is 0.333. The number of thiophene rings is 1. The van der Waals surface area contributed by atoms with Crippen molar-refractivity contribution in [2.24, 2.45) is 0 Å². The number of aromatic amines is 1. The number of aromatic nitrogens is 2. The number of nitrogens with zero attached hydrogens (tertiary/aromatic N) is 2. The van der Waals surface area contributed by atoms with Gasteiger partial charge in [0.2, 0.25) is 0 Å². The van der Waals surface area contributed by atoms with Gasteiger partial charge in [-0.3, -0.25) is 9.89 Å². The van der Waals surface area contributed by atoms with E-state index in [2.05, 4.69) is 10.2 Å². The van der Waals surface area contributed by atoms with E-state index in [0.29, 0.717) is 17.9 Å². The molecule has 0 fully saturated rings. The van der Waals surface area contributed by atoms with Crippen LogP contribution >= 0.6 is 11.3 Å². The zero-order valence-electron chi connectivity index (χ0n) is 10.4. The minimum Gasteiger partial charge on any atom is -0.396 e. The molecular formula is C12H16N4OS. The Hall–Kier alpha value is -1.82. The van der Waals surface area contributed by atoms with Crippen molar-refractivity contribution in [1.29, 1.82) is 0 Å². The molecule has 5 nitrogen and oxygen atoms in total. The molecule has 18 heavy (non-hydrogen) atoms. The highest BCUT2D eigenvalue weighted by Crippen LogP contribution is 2.18. The van der Waals surface area contributed by atoms with Crippen LogP contribution in [0.15, 0.2) is 23.7 Å². The third-order valence-electron chi connectivity index (χ3n) is 2.67. The Morgan fingerprint density at radius 1 is 1.61 bits per heavy atom. The van der Waals surface area contributed by atoms with Gasteiger partial charge in [0, 0.05) is 10.9 Å². The molecule has 6 heteroatoms. The fourth-order valence-corrected chi connectivity index (χ4v) is 2.37. The highest BCUT2D eigenvalue weighted by atomic mass is 32.1. The zero-order valence-corrected chi connectivity index (χ0v) is 11.2. The standard InChI is InChI=1S/C12H16N4OS/c1-8(2)16(7-9-4-3-5-18-9)12(17)11-10(13)6-14-15-11/h3-6,8H,7,13H2,1-2H3,(H,14,15). The van der Waals surface area contributed by atoms with E-state index in [4.69, 9.17) is 5.73 Å². The molecule has 0 spiro atoms. The minimum atomic E-state index is -0.117. The minimum absolute atomic E-state index is 0.0994. The van der Waals surface area contributed by atoms with Gasteiger partial charge in [0.15, 0.2) is 0 Å². The number of carbonyl (C=O) groups excluding carboxylic acids is 1. The Bertz CT molecular complexity index is 518. The zero-order chi connectivity index (χ0) is 13.1. The first-order valence-electron chi connectivity index (χ1n) is 5.71. The van der Waals surface area contributed by atoms with Gasteiger partial charge in [-0.15, -0.1) is 11.3 Å². The van der Waals surface area contributed by atoms with Gasteiger partial charge in [-0.2, -0.15) is 5.10 Å². The maximum atomic E-state index is 12.4. The van der Waals surface area contributed by atoms with E-state index >= 15 is 0 Å². The molecule has 2 heterocycles. The molecule has 3 N–H and O–H groups in total. The third-order valence-corrected chi connectivity index (χ3v) is 3.53. The van der Waals surface area contributed by atoms with Gasteiger partial charge < -0.3 is 10.6 Å². The van der Waals surface area contributed by atoms with Crippen molar-refractivity contribution in [3.63, 3.8) is 0 Å². The second kappa shape index (κ2) is 5.22. The van der Waals surface area contributed by atoms with Gasteiger partial charge in [0.1, 0.15) is 5.69 Å². The summed E-state index contributed by atoms with van der Waals surface area (Å²) in [6.45, 7) is 4.56. The first-order valence-corrected chi connectivity index (χ1v) is 6.59. The van der Waals surface area contributed by atoms with E-state index in [-0.39, 0.29) is 11.9 Å². The molecule has 0 saturated heterocycles. The molecule has 0 aliphatic rings. The summed E-state index contributed by atoms with van der Waals surface area (Å²) in [5.74, 6) is -0.117. The first-order chi connectivity index (χ1) is 8.59. The molecule has 0 atom stereocenters. The van der Waals surface area contributed by atoms with Crippen LogP contribution in [0.5, 0.6) is 0 Å². The number of rotatable bonds is 4. The molecule has 0 aliphatic heterocycles. The Labute approximate surface area is 110 Å². The number of nitrogens with one attached hydrogen (secondary N) is 1. The molecule has 0 radical (unpaired) electrons. The molecule has 0 aliphatic carbocycles. The van der Waals surface area contributed by atoms with Gasteiger partial charge in [-0.1, -0.05) is 6.07 Å². The number of H-pyrrole nitrogens is 1. The van der Waals surface area contributed by atoms with Crippen LogP contribution in [0.2, 0.25) is 0 Å². The third kappa shape index (κ3) is 2.53. The average Bonchev–Trinajstić information content (AvgIpc) is 2.95. The molecule has 2 aromatic heterocycles. The van der Waals surface area contributed by atoms with Gasteiger partial charge in [0.25, 0.3) is 5.91 Å². The van der Waals surface area contributed by atoms with Crippen molar-refractivity contribution in [2.75, 3.05) is 5.73 Å². The van der Waals surface area contributed by atoms with Gasteiger partial charge >= 0.3 is 0 Å². The average molecular weight is 264 g/mol. The van der Waals surface area contributed by atoms with Crippen LogP contribution in [0.3, 0.4) is 0 Å². The van der Waals surface area contributed by atoms with Crippen LogP contribution in [-0.4, -0.2) is 27.0 Å². The monoisotopic (exact) mass is 264 g/mol. The summed E-state index contributed by atoms with van der Waals surface area (Å²) in [5.41, 5.74) is 6.46. The van der Waals surface area contributed by atoms with Gasteiger partial charge in [-0.05, 0) is 25.3 Å². The molecule has 2 aromatic rings. The largest absolute Gasteiger partial charge is 0.396 e. The predicted molar refractivity (Wildman–Crippen MR) is 72.3 cm³/mol. The molecule has 1 amide bonds. The van der Waals surface area contributed by atoms with E-state index in [1.165, 1.54) is 6.20 Å². The summed E-state index contributed by atoms with van der Waals surface area (Å²) in [5, 5.41) is 8.45. The Morgan fingerprint density at radius 3 is 2.89 bits per heavy atom. The van der Waals surface area contributed by atoms with Crippen molar-refractivity contribution in [3.05, 3.63) is 34.3 Å². The number of hydrogen-bond acceptors (Lipinski definition) is 4. The van der Waals surface area contributed by atoms with Crippen LogP contribution in [0, 0.1) is 0 Å². The summed E-state index contributed by atoms with van der Waals surface area (Å²) in [7, 11) is 0. The van der Waals surface area contributed by atoms with E-state index in [0.717, 1.165) is 4.88 Å². The summed E-state index contributed by atoms with van der Waals surface area (Å²) in [6.07, 6.45) is 1.46. The molecule has 0 saturated carbocycles. The van der Waals surface area contributed by atoms with Crippen LogP contribution in [-0.2, 0) is 6.54 Å². The van der Waals surface area contributed by atoms with Crippen molar-refractivity contribution < 1.29 is 4.79 Å². The Kier molecular flexibility index (Phi) is 3.66. The molecule has 0 bridgehead atoms. The lowest BCUT2D eigenvalue weighted by atomic mass is 10.2. The van der Waals surface area contributed by atoms with Crippen molar-refractivity contribution in [3.8, 4) is 0 Å². The maximum absolute atomic E-state index is 12.4. The normalized spacial score (nSPS) is 10.8. The summed E-state index contributed by atoms with van der Waals surface area (Å²) >= 11 is 1.64. The fourth-order valence-electron chi connectivity index (χ4n) is 1.67. The molecule has 2 rings (SSSR count). The number of nitrogen functional groups attached to an aromatic ring is 1. The van der Waals surface area contributed by atoms with Gasteiger partial charge in [-0.25, -0.2) is 0 Å². The quantitative estimate of drug-likeness (QED) is 0.888. The van der Waals surface area contributed by atoms with E-state index in [1.54, 1.807) is 16.2 Å². The topological polar surface area (TPSA) is 75.0 Å². The highest BCUT2D eigenvalue weighted by molar-refractivity contribution is 7.09. The number of carbonyl (C=O) groups is 1. The van der Waals surface area contributed by atoms with E-state index < -0.39 is 0 Å². The predicted octanol–water partition coefficient (Wildman–Crippen LogP) is 2.10. The first kappa shape index (κ1) is 12.6. The van der Waals surface area contributed by atoms with Crippen LogP contribution in [0.4, 0.5) is 5.69 Å².